The molecule has 2 saturated heterocycles. The first-order valence-corrected chi connectivity index (χ1v) is 20.8. The number of aryl methyl sites for hydroxylation is 2. The van der Waals surface area contributed by atoms with Crippen molar-refractivity contribution in [3.63, 3.8) is 0 Å². The van der Waals surface area contributed by atoms with Crippen LogP contribution in [0.1, 0.15) is 107 Å². The Morgan fingerprint density at radius 2 is 1.29 bits per heavy atom. The van der Waals surface area contributed by atoms with Crippen molar-refractivity contribution in [2.45, 2.75) is 117 Å². The summed E-state index contributed by atoms with van der Waals surface area (Å²) in [5.74, 6) is 2.62. The van der Waals surface area contributed by atoms with Gasteiger partial charge >= 0.3 is 0 Å². The minimum absolute atomic E-state index is 0.0124. The minimum atomic E-state index is -0.496. The van der Waals surface area contributed by atoms with Gasteiger partial charge in [0.15, 0.2) is 5.78 Å². The molecule has 2 aliphatic carbocycles. The lowest BCUT2D eigenvalue weighted by Gasteiger charge is -2.18. The summed E-state index contributed by atoms with van der Waals surface area (Å²) in [7, 11) is 0. The van der Waals surface area contributed by atoms with Gasteiger partial charge < -0.3 is 20.9 Å². The lowest BCUT2D eigenvalue weighted by Crippen LogP contribution is -2.41. The average molecular weight is 762 g/mol. The van der Waals surface area contributed by atoms with E-state index in [0.717, 1.165) is 99.9 Å². The van der Waals surface area contributed by atoms with Crippen molar-refractivity contribution in [3.05, 3.63) is 83.0 Å². The number of hydrogen-bond donors (Lipinski definition) is 2. The third kappa shape index (κ3) is 10.7. The van der Waals surface area contributed by atoms with E-state index in [4.69, 9.17) is 5.73 Å². The van der Waals surface area contributed by atoms with Gasteiger partial charge in [-0.1, -0.05) is 30.3 Å². The zero-order valence-corrected chi connectivity index (χ0v) is 33.4. The normalized spacial score (nSPS) is 22.6. The van der Waals surface area contributed by atoms with Crippen molar-refractivity contribution in [3.8, 4) is 0 Å². The van der Waals surface area contributed by atoms with E-state index in [1.165, 1.54) is 11.1 Å². The predicted octanol–water partition coefficient (Wildman–Crippen LogP) is 7.13. The average Bonchev–Trinajstić information content (AvgIpc) is 4.01. The Labute approximate surface area is 332 Å². The standard InChI is InChI=1S/C28H36N4O3.C18H23NO2/c1-18-22(10-14-26(29)30-18)9-13-25(33)19(2)31-28(35)23-8-5-21(17-23)16-20-6-11-24(12-7-20)32-15-3-4-27(32)34;1-13(20)16-7-4-15(12-16)11-14-5-8-17(9-6-14)19-10-2-3-18(19)21/h6-7,10-12,14,19,21,23H,3-5,8-9,13,15-17H2,1-2H3,(H2,29,30)(H,31,35);5-6,8-9,15-16H,2-4,7,10-12H2,1H3/t19-,21-,23+;15-,16+/m00/s1. The summed E-state index contributed by atoms with van der Waals surface area (Å²) in [6.45, 7) is 7.03. The lowest BCUT2D eigenvalue weighted by atomic mass is 9.95. The highest BCUT2D eigenvalue weighted by molar-refractivity contribution is 5.96. The molecule has 10 nitrogen and oxygen atoms in total. The number of ketones is 2. The first-order chi connectivity index (χ1) is 26.9. The van der Waals surface area contributed by atoms with Gasteiger partial charge in [0.2, 0.25) is 17.7 Å². The largest absolute Gasteiger partial charge is 0.384 e. The van der Waals surface area contributed by atoms with Gasteiger partial charge in [0, 0.05) is 61.3 Å². The van der Waals surface area contributed by atoms with Crippen LogP contribution >= 0.6 is 0 Å². The van der Waals surface area contributed by atoms with E-state index in [9.17, 15) is 24.0 Å². The zero-order chi connectivity index (χ0) is 39.8. The van der Waals surface area contributed by atoms with Crippen LogP contribution in [-0.4, -0.2) is 53.4 Å². The van der Waals surface area contributed by atoms with Gasteiger partial charge in [-0.25, -0.2) is 4.98 Å². The highest BCUT2D eigenvalue weighted by Gasteiger charge is 2.32. The van der Waals surface area contributed by atoms with Gasteiger partial charge in [0.05, 0.1) is 6.04 Å². The van der Waals surface area contributed by atoms with Crippen LogP contribution in [0.15, 0.2) is 60.7 Å². The zero-order valence-electron chi connectivity index (χ0n) is 33.4. The van der Waals surface area contributed by atoms with Crippen molar-refractivity contribution in [1.29, 1.82) is 0 Å². The number of nitrogens with two attached hydrogens (primary N) is 1. The summed E-state index contributed by atoms with van der Waals surface area (Å²) in [6.07, 6.45) is 12.1. The van der Waals surface area contributed by atoms with Crippen molar-refractivity contribution < 1.29 is 24.0 Å². The molecule has 298 valence electrons. The molecule has 4 fully saturated rings. The maximum absolute atomic E-state index is 12.8. The molecular weight excluding hydrogens is 703 g/mol. The van der Waals surface area contributed by atoms with Gasteiger partial charge in [-0.2, -0.15) is 0 Å². The molecule has 56 heavy (non-hydrogen) atoms. The van der Waals surface area contributed by atoms with Gasteiger partial charge in [-0.05, 0) is 150 Å². The van der Waals surface area contributed by atoms with Crippen molar-refractivity contribution in [2.24, 2.45) is 23.7 Å². The predicted molar refractivity (Wildman–Crippen MR) is 220 cm³/mol. The van der Waals surface area contributed by atoms with E-state index in [1.54, 1.807) is 19.9 Å². The fourth-order valence-corrected chi connectivity index (χ4v) is 9.02. The SMILES string of the molecule is CC(=O)[C@@H]1CC[C@@H](Cc2ccc(N3CCCC3=O)cc2)C1.Cc1nc(N)ccc1CCC(=O)[C@H](C)NC(=O)[C@@H]1CC[C@@H](Cc2ccc(N3CCCC3=O)cc2)C1. The van der Waals surface area contributed by atoms with Crippen LogP contribution < -0.4 is 20.9 Å². The number of nitrogens with one attached hydrogen (secondary N) is 1. The Bertz CT molecular complexity index is 1880. The number of pyridine rings is 1. The molecule has 5 atom stereocenters. The molecule has 0 bridgehead atoms. The second-order valence-corrected chi connectivity index (χ2v) is 16.6. The third-order valence-electron chi connectivity index (χ3n) is 12.4. The van der Waals surface area contributed by atoms with Crippen LogP contribution in [0.3, 0.4) is 0 Å². The fraction of sp³-hybridized carbons (Fsp3) is 0.522. The Hall–Kier alpha value is -4.86. The summed E-state index contributed by atoms with van der Waals surface area (Å²) in [4.78, 5) is 68.5. The molecule has 3 amide bonds. The number of aromatic nitrogens is 1. The van der Waals surface area contributed by atoms with Crippen molar-refractivity contribution in [2.75, 3.05) is 28.6 Å². The van der Waals surface area contributed by atoms with Crippen LogP contribution in [-0.2, 0) is 43.2 Å². The number of amides is 3. The van der Waals surface area contributed by atoms with E-state index in [1.807, 2.05) is 34.9 Å². The molecule has 4 aliphatic rings. The molecule has 10 heteroatoms. The molecular formula is C46H59N5O5. The summed E-state index contributed by atoms with van der Waals surface area (Å²) in [5, 5.41) is 2.95. The number of benzene rings is 2. The van der Waals surface area contributed by atoms with Crippen LogP contribution in [0.2, 0.25) is 0 Å². The van der Waals surface area contributed by atoms with E-state index in [2.05, 4.69) is 46.7 Å². The summed E-state index contributed by atoms with van der Waals surface area (Å²) in [5.41, 5.74) is 12.1. The van der Waals surface area contributed by atoms with Crippen LogP contribution in [0.5, 0.6) is 0 Å². The summed E-state index contributed by atoms with van der Waals surface area (Å²) >= 11 is 0. The first-order valence-electron chi connectivity index (χ1n) is 20.8. The maximum atomic E-state index is 12.8. The number of hydrogen-bond acceptors (Lipinski definition) is 7. The number of nitrogens with zero attached hydrogens (tertiary/aromatic N) is 3. The molecule has 1 aromatic heterocycles. The highest BCUT2D eigenvalue weighted by atomic mass is 16.2. The Kier molecular flexibility index (Phi) is 13.7. The van der Waals surface area contributed by atoms with E-state index in [-0.39, 0.29) is 35.3 Å². The topological polar surface area (TPSA) is 143 Å². The van der Waals surface area contributed by atoms with Crippen LogP contribution in [0.25, 0.3) is 0 Å². The molecule has 0 radical (unpaired) electrons. The Morgan fingerprint density at radius 1 is 0.768 bits per heavy atom. The van der Waals surface area contributed by atoms with Crippen molar-refractivity contribution >= 4 is 46.5 Å². The molecule has 7 rings (SSSR count). The highest BCUT2D eigenvalue weighted by Crippen LogP contribution is 2.35. The number of carbonyl (C=O) groups excluding carboxylic acids is 5. The monoisotopic (exact) mass is 761 g/mol. The molecule has 3 heterocycles. The van der Waals surface area contributed by atoms with Gasteiger partial charge in [0.1, 0.15) is 11.6 Å². The van der Waals surface area contributed by atoms with Crippen molar-refractivity contribution in [1.82, 2.24) is 10.3 Å². The molecule has 0 spiro atoms. The fourth-order valence-electron chi connectivity index (χ4n) is 9.02. The number of Topliss-reactive ketones (excluding diaryl/α,β-unsaturated/α-hetero) is 2. The lowest BCUT2D eigenvalue weighted by molar-refractivity contribution is -0.129. The minimum Gasteiger partial charge on any atom is -0.384 e. The second-order valence-electron chi connectivity index (χ2n) is 16.6. The molecule has 3 aromatic rings. The second kappa shape index (κ2) is 18.9. The molecule has 2 aliphatic heterocycles. The van der Waals surface area contributed by atoms with E-state index < -0.39 is 6.04 Å². The number of carbonyl (C=O) groups is 5. The summed E-state index contributed by atoms with van der Waals surface area (Å²) < 4.78 is 0. The van der Waals surface area contributed by atoms with E-state index in [0.29, 0.717) is 49.1 Å². The van der Waals surface area contributed by atoms with E-state index >= 15 is 0 Å². The quantitative estimate of drug-likeness (QED) is 0.189. The Morgan fingerprint density at radius 3 is 1.75 bits per heavy atom. The molecule has 2 saturated carbocycles. The number of nitrogen functional groups attached to an aromatic ring is 1. The third-order valence-corrected chi connectivity index (χ3v) is 12.4. The Balaban J connectivity index is 0.000000215. The molecule has 2 aromatic carbocycles. The summed E-state index contributed by atoms with van der Waals surface area (Å²) in [6, 6.07) is 19.9. The number of rotatable bonds is 13. The van der Waals surface area contributed by atoms with Gasteiger partial charge in [-0.15, -0.1) is 0 Å². The number of anilines is 3. The van der Waals surface area contributed by atoms with Gasteiger partial charge in [-0.3, -0.25) is 24.0 Å². The first kappa shape index (κ1) is 40.8. The molecule has 0 unspecified atom stereocenters. The maximum Gasteiger partial charge on any atom is 0.227 e. The molecule has 3 N–H and O–H groups in total. The van der Waals surface area contributed by atoms with Crippen LogP contribution in [0, 0.1) is 30.6 Å². The smallest absolute Gasteiger partial charge is 0.227 e. The van der Waals surface area contributed by atoms with Crippen LogP contribution in [0.4, 0.5) is 17.2 Å². The van der Waals surface area contributed by atoms with Gasteiger partial charge in [0.25, 0.3) is 0 Å².